The minimum Gasteiger partial charge on any atom is -0.396 e. The molecule has 2 atom stereocenters. The maximum atomic E-state index is 12.4. The second-order valence-corrected chi connectivity index (χ2v) is 6.31. The molecule has 0 aliphatic carbocycles. The van der Waals surface area contributed by atoms with Crippen LogP contribution >= 0.6 is 0 Å². The van der Waals surface area contributed by atoms with E-state index in [-0.39, 0.29) is 25.4 Å². The number of benzene rings is 1. The number of hydrogen-bond donors (Lipinski definition) is 2. The van der Waals surface area contributed by atoms with Gasteiger partial charge in [0.15, 0.2) is 0 Å². The number of carbonyl (C=O) groups is 1. The summed E-state index contributed by atoms with van der Waals surface area (Å²) in [6, 6.07) is 7.18. The number of aliphatic hydroxyl groups excluding tert-OH is 2. The normalized spacial score (nSPS) is 14.4. The number of rotatable bonds is 7. The Kier molecular flexibility index (Phi) is 6.34. The number of Topliss-reactive ketones (excluding diaryl/α,β-unsaturated/α-hetero) is 1. The van der Waals surface area contributed by atoms with E-state index in [1.54, 1.807) is 12.1 Å². The van der Waals surface area contributed by atoms with Gasteiger partial charge in [-0.1, -0.05) is 17.7 Å². The molecule has 0 aliphatic rings. The van der Waals surface area contributed by atoms with Crippen molar-refractivity contribution in [2.75, 3.05) is 13.2 Å². The van der Waals surface area contributed by atoms with Gasteiger partial charge >= 0.3 is 0 Å². The van der Waals surface area contributed by atoms with Crippen molar-refractivity contribution < 1.29 is 19.2 Å². The van der Waals surface area contributed by atoms with E-state index in [0.29, 0.717) is 4.90 Å². The Morgan fingerprint density at radius 2 is 1.74 bits per heavy atom. The van der Waals surface area contributed by atoms with Crippen molar-refractivity contribution in [2.45, 2.75) is 30.4 Å². The third-order valence-electron chi connectivity index (χ3n) is 3.03. The molecule has 4 nitrogen and oxygen atoms in total. The van der Waals surface area contributed by atoms with Crippen LogP contribution in [0.3, 0.4) is 0 Å². The molecule has 1 aromatic rings. The standard InChI is InChI=1S/C14H20O4S/c1-10-3-5-13(6-4-10)19(18)14(11(2)17)7-12(8-15)9-16/h3-6,12,14-16H,7-9H2,1-2H3. The van der Waals surface area contributed by atoms with Crippen LogP contribution in [-0.2, 0) is 15.6 Å². The zero-order valence-corrected chi connectivity index (χ0v) is 12.0. The summed E-state index contributed by atoms with van der Waals surface area (Å²) in [5.74, 6) is -0.603. The van der Waals surface area contributed by atoms with E-state index < -0.39 is 22.0 Å². The number of carbonyl (C=O) groups excluding carboxylic acids is 1. The molecule has 0 aromatic heterocycles. The van der Waals surface area contributed by atoms with Crippen LogP contribution in [0.5, 0.6) is 0 Å². The fourth-order valence-corrected chi connectivity index (χ4v) is 3.23. The van der Waals surface area contributed by atoms with Gasteiger partial charge in [0, 0.05) is 24.0 Å². The lowest BCUT2D eigenvalue weighted by Crippen LogP contribution is -2.29. The zero-order valence-electron chi connectivity index (χ0n) is 11.2. The Hall–Kier alpha value is -1.04. The summed E-state index contributed by atoms with van der Waals surface area (Å²) in [6.07, 6.45) is 0.225. The fourth-order valence-electron chi connectivity index (χ4n) is 1.75. The van der Waals surface area contributed by atoms with Crippen molar-refractivity contribution in [3.05, 3.63) is 29.8 Å². The fraction of sp³-hybridized carbons (Fsp3) is 0.500. The summed E-state index contributed by atoms with van der Waals surface area (Å²) in [6.45, 7) is 2.89. The van der Waals surface area contributed by atoms with Crippen molar-refractivity contribution in [3.8, 4) is 0 Å². The lowest BCUT2D eigenvalue weighted by molar-refractivity contribution is -0.116. The molecule has 0 bridgehead atoms. The van der Waals surface area contributed by atoms with E-state index in [9.17, 15) is 9.00 Å². The van der Waals surface area contributed by atoms with E-state index in [2.05, 4.69) is 0 Å². The monoisotopic (exact) mass is 284 g/mol. The van der Waals surface area contributed by atoms with Gasteiger partial charge in [-0.3, -0.25) is 9.00 Å². The molecule has 2 N–H and O–H groups in total. The first kappa shape index (κ1) is 16.0. The molecule has 0 heterocycles. The molecular weight excluding hydrogens is 264 g/mol. The van der Waals surface area contributed by atoms with Gasteiger partial charge in [0.25, 0.3) is 0 Å². The Morgan fingerprint density at radius 3 is 2.16 bits per heavy atom. The van der Waals surface area contributed by atoms with Crippen LogP contribution in [0.2, 0.25) is 0 Å². The lowest BCUT2D eigenvalue weighted by Gasteiger charge is -2.18. The van der Waals surface area contributed by atoms with Crippen LogP contribution in [0, 0.1) is 12.8 Å². The molecule has 0 amide bonds. The highest BCUT2D eigenvalue weighted by Gasteiger charge is 2.26. The molecule has 0 radical (unpaired) electrons. The Morgan fingerprint density at radius 1 is 1.21 bits per heavy atom. The predicted octanol–water partition coefficient (Wildman–Crippen LogP) is 1.05. The maximum Gasteiger partial charge on any atom is 0.145 e. The molecule has 19 heavy (non-hydrogen) atoms. The van der Waals surface area contributed by atoms with Crippen LogP contribution < -0.4 is 0 Å². The van der Waals surface area contributed by atoms with Crippen molar-refractivity contribution in [1.82, 2.24) is 0 Å². The third kappa shape index (κ3) is 4.53. The number of aliphatic hydroxyl groups is 2. The minimum atomic E-state index is -1.46. The van der Waals surface area contributed by atoms with Crippen molar-refractivity contribution in [3.63, 3.8) is 0 Å². The second-order valence-electron chi connectivity index (χ2n) is 4.68. The number of aryl methyl sites for hydroxylation is 1. The second kappa shape index (κ2) is 7.53. The summed E-state index contributed by atoms with van der Waals surface area (Å²) in [5, 5.41) is 17.5. The lowest BCUT2D eigenvalue weighted by atomic mass is 10.0. The SMILES string of the molecule is CC(=O)C(CC(CO)CO)S(=O)c1ccc(C)cc1. The topological polar surface area (TPSA) is 74.6 Å². The van der Waals surface area contributed by atoms with Crippen molar-refractivity contribution >= 4 is 16.6 Å². The van der Waals surface area contributed by atoms with Gasteiger partial charge in [-0.25, -0.2) is 0 Å². The highest BCUT2D eigenvalue weighted by molar-refractivity contribution is 7.86. The summed E-state index contributed by atoms with van der Waals surface area (Å²) in [7, 11) is -1.46. The molecule has 0 saturated carbocycles. The molecule has 1 rings (SSSR count). The minimum absolute atomic E-state index is 0.189. The molecule has 1 aromatic carbocycles. The largest absolute Gasteiger partial charge is 0.396 e. The molecule has 0 saturated heterocycles. The summed E-state index contributed by atoms with van der Waals surface area (Å²) < 4.78 is 12.4. The van der Waals surface area contributed by atoms with Gasteiger partial charge in [-0.05, 0) is 32.4 Å². The Bertz CT molecular complexity index is 437. The molecule has 0 fully saturated rings. The average Bonchev–Trinajstić information content (AvgIpc) is 2.40. The van der Waals surface area contributed by atoms with Crippen LogP contribution in [-0.4, -0.2) is 38.7 Å². The third-order valence-corrected chi connectivity index (χ3v) is 4.81. The first-order valence-electron chi connectivity index (χ1n) is 6.19. The van der Waals surface area contributed by atoms with Crippen LogP contribution in [0.25, 0.3) is 0 Å². The molecule has 0 aliphatic heterocycles. The van der Waals surface area contributed by atoms with Crippen LogP contribution in [0.15, 0.2) is 29.2 Å². The zero-order chi connectivity index (χ0) is 14.4. The quantitative estimate of drug-likeness (QED) is 0.785. The first-order chi connectivity index (χ1) is 8.99. The average molecular weight is 284 g/mol. The number of hydrogen-bond acceptors (Lipinski definition) is 4. The Labute approximate surface area is 115 Å². The predicted molar refractivity (Wildman–Crippen MR) is 74.3 cm³/mol. The highest BCUT2D eigenvalue weighted by atomic mass is 32.2. The summed E-state index contributed by atoms with van der Waals surface area (Å²) >= 11 is 0. The van der Waals surface area contributed by atoms with Gasteiger partial charge in [-0.15, -0.1) is 0 Å². The van der Waals surface area contributed by atoms with Crippen molar-refractivity contribution in [1.29, 1.82) is 0 Å². The van der Waals surface area contributed by atoms with E-state index in [0.717, 1.165) is 5.56 Å². The van der Waals surface area contributed by atoms with Crippen LogP contribution in [0.1, 0.15) is 18.9 Å². The molecule has 2 unspecified atom stereocenters. The van der Waals surface area contributed by atoms with Gasteiger partial charge in [0.05, 0.1) is 16.0 Å². The maximum absolute atomic E-state index is 12.4. The van der Waals surface area contributed by atoms with E-state index >= 15 is 0 Å². The molecule has 5 heteroatoms. The Balaban J connectivity index is 2.90. The van der Waals surface area contributed by atoms with Crippen molar-refractivity contribution in [2.24, 2.45) is 5.92 Å². The number of ketones is 1. The molecule has 106 valence electrons. The molecule has 0 spiro atoms. The summed E-state index contributed by atoms with van der Waals surface area (Å²) in [4.78, 5) is 12.2. The van der Waals surface area contributed by atoms with Gasteiger partial charge in [-0.2, -0.15) is 0 Å². The van der Waals surface area contributed by atoms with Gasteiger partial charge in [0.2, 0.25) is 0 Å². The van der Waals surface area contributed by atoms with Crippen LogP contribution in [0.4, 0.5) is 0 Å². The summed E-state index contributed by atoms with van der Waals surface area (Å²) in [5.41, 5.74) is 1.06. The highest BCUT2D eigenvalue weighted by Crippen LogP contribution is 2.19. The van der Waals surface area contributed by atoms with E-state index in [1.165, 1.54) is 6.92 Å². The first-order valence-corrected chi connectivity index (χ1v) is 7.40. The van der Waals surface area contributed by atoms with Gasteiger partial charge < -0.3 is 10.2 Å². The van der Waals surface area contributed by atoms with Gasteiger partial charge in [0.1, 0.15) is 5.78 Å². The smallest absolute Gasteiger partial charge is 0.145 e. The van der Waals surface area contributed by atoms with E-state index in [4.69, 9.17) is 10.2 Å². The van der Waals surface area contributed by atoms with E-state index in [1.807, 2.05) is 19.1 Å². The molecular formula is C14H20O4S.